The van der Waals surface area contributed by atoms with Crippen molar-refractivity contribution in [1.29, 1.82) is 0 Å². The number of imidazole rings is 1. The van der Waals surface area contributed by atoms with Gasteiger partial charge >= 0.3 is 17.8 Å². The van der Waals surface area contributed by atoms with Crippen molar-refractivity contribution in [3.63, 3.8) is 0 Å². The fourth-order valence-corrected chi connectivity index (χ4v) is 4.82. The fraction of sp³-hybridized carbons (Fsp3) is 0.240. The van der Waals surface area contributed by atoms with Crippen molar-refractivity contribution in [2.45, 2.75) is 24.6 Å². The summed E-state index contributed by atoms with van der Waals surface area (Å²) in [5.41, 5.74) is -4.01. The molecule has 0 fully saturated rings. The van der Waals surface area contributed by atoms with Crippen LogP contribution >= 0.6 is 23.2 Å². The van der Waals surface area contributed by atoms with Gasteiger partial charge in [0.2, 0.25) is 0 Å². The predicted octanol–water partition coefficient (Wildman–Crippen LogP) is 5.62. The Morgan fingerprint density at radius 3 is 2.32 bits per heavy atom. The summed E-state index contributed by atoms with van der Waals surface area (Å²) < 4.78 is 51.6. The van der Waals surface area contributed by atoms with Crippen LogP contribution < -0.4 is 10.4 Å². The number of carboxylic acids is 1. The maximum atomic E-state index is 14.5. The molecule has 0 aliphatic rings. The molecule has 2 atom stereocenters. The molecule has 2 heterocycles. The molecule has 2 aromatic carbocycles. The van der Waals surface area contributed by atoms with Gasteiger partial charge in [0.25, 0.3) is 0 Å². The number of fused-ring (bicyclic) bond motifs is 1. The molecule has 0 radical (unpaired) electrons. The maximum Gasteiger partial charge on any atom is 0.422 e. The maximum absolute atomic E-state index is 14.5. The Hall–Kier alpha value is -3.54. The van der Waals surface area contributed by atoms with E-state index in [0.29, 0.717) is 5.52 Å². The van der Waals surface area contributed by atoms with Crippen LogP contribution in [-0.4, -0.2) is 36.5 Å². The number of aliphatic hydroxyl groups is 1. The van der Waals surface area contributed by atoms with Crippen LogP contribution in [0.1, 0.15) is 34.3 Å². The molecule has 4 rings (SSSR count). The van der Waals surface area contributed by atoms with Crippen molar-refractivity contribution in [2.75, 3.05) is 0 Å². The van der Waals surface area contributed by atoms with E-state index in [-0.39, 0.29) is 38.3 Å². The first-order valence-corrected chi connectivity index (χ1v) is 11.7. The summed E-state index contributed by atoms with van der Waals surface area (Å²) in [4.78, 5) is 27.4. The van der Waals surface area contributed by atoms with Gasteiger partial charge in [-0.15, -0.1) is 0 Å². The van der Waals surface area contributed by atoms with E-state index in [2.05, 4.69) is 4.98 Å². The summed E-state index contributed by atoms with van der Waals surface area (Å²) in [6, 6.07) is 8.51. The second kappa shape index (κ2) is 9.64. The van der Waals surface area contributed by atoms with Crippen LogP contribution in [0.4, 0.5) is 13.2 Å². The van der Waals surface area contributed by atoms with Gasteiger partial charge in [0.05, 0.1) is 11.0 Å². The summed E-state index contributed by atoms with van der Waals surface area (Å²) in [7, 11) is 2.91. The highest BCUT2D eigenvalue weighted by Crippen LogP contribution is 2.50. The van der Waals surface area contributed by atoms with E-state index in [9.17, 15) is 33.0 Å². The van der Waals surface area contributed by atoms with Crippen LogP contribution in [0.5, 0.6) is 11.5 Å². The second-order valence-corrected chi connectivity index (χ2v) is 9.48. The van der Waals surface area contributed by atoms with Crippen molar-refractivity contribution in [1.82, 2.24) is 14.1 Å². The Balaban J connectivity index is 1.77. The number of alkyl halides is 3. The minimum absolute atomic E-state index is 0.0203. The minimum atomic E-state index is -5.13. The molecule has 4 aromatic rings. The Labute approximate surface area is 223 Å². The molecule has 0 spiro atoms. The summed E-state index contributed by atoms with van der Waals surface area (Å²) in [5.74, 6) is -3.06. The third-order valence-electron chi connectivity index (χ3n) is 6.50. The average Bonchev–Trinajstić information content (AvgIpc) is 3.06. The zero-order valence-corrected chi connectivity index (χ0v) is 21.6. The van der Waals surface area contributed by atoms with Gasteiger partial charge in [0, 0.05) is 37.3 Å². The Bertz CT molecular complexity index is 1630. The zero-order valence-electron chi connectivity index (χ0n) is 20.0. The van der Waals surface area contributed by atoms with E-state index < -0.39 is 34.9 Å². The summed E-state index contributed by atoms with van der Waals surface area (Å²) in [5, 5.41) is 20.4. The molecule has 0 aliphatic carbocycles. The van der Waals surface area contributed by atoms with Gasteiger partial charge < -0.3 is 14.9 Å². The first-order chi connectivity index (χ1) is 17.7. The fourth-order valence-electron chi connectivity index (χ4n) is 4.34. The molecule has 0 amide bonds. The highest BCUT2D eigenvalue weighted by molar-refractivity contribution is 6.31. The number of carbonyl (C=O) groups is 1. The van der Waals surface area contributed by atoms with Gasteiger partial charge in [0.1, 0.15) is 22.2 Å². The first kappa shape index (κ1) is 27.5. The molecule has 0 saturated heterocycles. The molecular weight excluding hydrogens is 550 g/mol. The van der Waals surface area contributed by atoms with Gasteiger partial charge in [-0.3, -0.25) is 9.13 Å². The number of hydrogen-bond donors (Lipinski definition) is 2. The number of nitrogens with zero attached hydrogens (tertiary/aromatic N) is 3. The van der Waals surface area contributed by atoms with E-state index >= 15 is 0 Å². The van der Waals surface area contributed by atoms with Crippen LogP contribution in [0.3, 0.4) is 0 Å². The number of aryl methyl sites for hydroxylation is 2. The van der Waals surface area contributed by atoms with Crippen LogP contribution in [-0.2, 0) is 19.7 Å². The topological polar surface area (TPSA) is 107 Å². The summed E-state index contributed by atoms with van der Waals surface area (Å²) in [6.07, 6.45) is -4.13. The van der Waals surface area contributed by atoms with E-state index in [4.69, 9.17) is 27.9 Å². The van der Waals surface area contributed by atoms with Crippen LogP contribution in [0.25, 0.3) is 11.0 Å². The largest absolute Gasteiger partial charge is 0.477 e. The number of pyridine rings is 1. The lowest BCUT2D eigenvalue weighted by molar-refractivity contribution is -0.274. The third kappa shape index (κ3) is 4.50. The van der Waals surface area contributed by atoms with Crippen LogP contribution in [0.2, 0.25) is 10.2 Å². The highest BCUT2D eigenvalue weighted by atomic mass is 35.5. The lowest BCUT2D eigenvalue weighted by Crippen LogP contribution is -2.46. The number of halogens is 5. The normalized spacial score (nSPS) is 14.3. The van der Waals surface area contributed by atoms with Gasteiger partial charge in [-0.25, -0.2) is 14.6 Å². The van der Waals surface area contributed by atoms with Gasteiger partial charge in [-0.1, -0.05) is 42.3 Å². The van der Waals surface area contributed by atoms with Gasteiger partial charge in [-0.2, -0.15) is 13.2 Å². The van der Waals surface area contributed by atoms with E-state index in [1.54, 1.807) is 0 Å². The van der Waals surface area contributed by atoms with Crippen molar-refractivity contribution < 1.29 is 32.9 Å². The number of ether oxygens (including phenoxy) is 1. The smallest absolute Gasteiger partial charge is 0.422 e. The summed E-state index contributed by atoms with van der Waals surface area (Å²) >= 11 is 12.2. The molecule has 38 heavy (non-hydrogen) atoms. The lowest BCUT2D eigenvalue weighted by Gasteiger charge is -2.37. The predicted molar refractivity (Wildman–Crippen MR) is 134 cm³/mol. The number of hydrogen-bond acceptors (Lipinski definition) is 5. The van der Waals surface area contributed by atoms with Crippen molar-refractivity contribution in [3.8, 4) is 11.5 Å². The van der Waals surface area contributed by atoms with Crippen molar-refractivity contribution in [2.24, 2.45) is 14.1 Å². The van der Waals surface area contributed by atoms with Crippen LogP contribution in [0.15, 0.2) is 53.5 Å². The van der Waals surface area contributed by atoms with Crippen molar-refractivity contribution in [3.05, 3.63) is 86.0 Å². The Morgan fingerprint density at radius 1 is 1.05 bits per heavy atom. The molecule has 8 nitrogen and oxygen atoms in total. The lowest BCUT2D eigenvalue weighted by atomic mass is 9.77. The summed E-state index contributed by atoms with van der Waals surface area (Å²) in [6.45, 7) is 1.18. The Kier molecular flexibility index (Phi) is 6.98. The quantitative estimate of drug-likeness (QED) is 0.292. The zero-order chi connectivity index (χ0) is 28.2. The third-order valence-corrected chi connectivity index (χ3v) is 7.03. The van der Waals surface area contributed by atoms with E-state index in [0.717, 1.165) is 18.3 Å². The molecule has 0 saturated carbocycles. The Morgan fingerprint density at radius 2 is 1.71 bits per heavy atom. The van der Waals surface area contributed by atoms with Crippen molar-refractivity contribution >= 4 is 40.2 Å². The number of carboxylic acid groups (broad SMARTS) is 1. The number of benzene rings is 2. The molecule has 0 aliphatic heterocycles. The number of aromatic carboxylic acids is 1. The molecule has 2 aromatic heterocycles. The SMILES string of the molecule is C[C@H](c1ccc(Oc2cc(Cl)ncc2C(=O)O)cc1Cl)[C@@](O)(c1ccc2c(c1)n(C)c(=O)n2C)C(F)(F)F. The first-order valence-electron chi connectivity index (χ1n) is 11.0. The second-order valence-electron chi connectivity index (χ2n) is 8.68. The highest BCUT2D eigenvalue weighted by Gasteiger charge is 2.59. The van der Waals surface area contributed by atoms with Gasteiger partial charge in [-0.05, 0) is 35.4 Å². The molecule has 13 heteroatoms. The average molecular weight is 570 g/mol. The molecule has 0 bridgehead atoms. The van der Waals surface area contributed by atoms with Crippen LogP contribution in [0, 0.1) is 0 Å². The number of aromatic nitrogens is 3. The van der Waals surface area contributed by atoms with E-state index in [1.165, 1.54) is 60.5 Å². The monoisotopic (exact) mass is 569 g/mol. The standard InChI is InChI=1S/C25H20Cl2F3N3O5/c1-12(15-6-5-14(9-17(15)26)38-20-10-21(27)31-11-16(20)22(34)35)24(37,25(28,29)30)13-4-7-18-19(8-13)33(3)23(36)32(18)2/h4-12,37H,1-3H3,(H,34,35)/t12-,24-/m1/s1. The minimum Gasteiger partial charge on any atom is -0.477 e. The molecule has 200 valence electrons. The molecular formula is C25H20Cl2F3N3O5. The number of rotatable bonds is 6. The van der Waals surface area contributed by atoms with E-state index in [1.807, 2.05) is 0 Å². The van der Waals surface area contributed by atoms with Gasteiger partial charge in [0.15, 0.2) is 5.60 Å². The molecule has 0 unspecified atom stereocenters. The molecule has 2 N–H and O–H groups in total.